The summed E-state index contributed by atoms with van der Waals surface area (Å²) in [5.41, 5.74) is 1.58. The van der Waals surface area contributed by atoms with Crippen molar-refractivity contribution in [1.82, 2.24) is 4.98 Å². The van der Waals surface area contributed by atoms with Crippen molar-refractivity contribution in [3.63, 3.8) is 0 Å². The molecule has 0 spiro atoms. The average molecular weight is 219 g/mol. The summed E-state index contributed by atoms with van der Waals surface area (Å²) in [5.74, 6) is 0.690. The number of hydrogen-bond acceptors (Lipinski definition) is 4. The van der Waals surface area contributed by atoms with Gasteiger partial charge in [-0.2, -0.15) is 0 Å². The molecule has 0 aliphatic heterocycles. The van der Waals surface area contributed by atoms with E-state index in [0.717, 1.165) is 12.0 Å². The van der Waals surface area contributed by atoms with E-state index in [0.29, 0.717) is 16.5 Å². The van der Waals surface area contributed by atoms with E-state index in [4.69, 9.17) is 4.74 Å². The highest BCUT2D eigenvalue weighted by Crippen LogP contribution is 2.24. The topological polar surface area (TPSA) is 39.2 Å². The Balaban J connectivity index is 2.14. The zero-order valence-corrected chi connectivity index (χ0v) is 8.95. The summed E-state index contributed by atoms with van der Waals surface area (Å²) in [7, 11) is 0. The molecule has 15 heavy (non-hydrogen) atoms. The summed E-state index contributed by atoms with van der Waals surface area (Å²) in [6.07, 6.45) is 0.803. The minimum absolute atomic E-state index is 0.617. The number of aromatic nitrogens is 1. The first-order valence-electron chi connectivity index (χ1n) is 4.43. The molecule has 2 rings (SSSR count). The van der Waals surface area contributed by atoms with Gasteiger partial charge in [-0.1, -0.05) is 11.3 Å². The van der Waals surface area contributed by atoms with Gasteiger partial charge in [0, 0.05) is 10.9 Å². The van der Waals surface area contributed by atoms with Crippen LogP contribution in [0.1, 0.15) is 16.1 Å². The van der Waals surface area contributed by atoms with Crippen molar-refractivity contribution in [3.8, 4) is 10.9 Å². The third-order valence-corrected chi connectivity index (χ3v) is 2.65. The van der Waals surface area contributed by atoms with Gasteiger partial charge < -0.3 is 4.74 Å². The Hall–Kier alpha value is -1.68. The van der Waals surface area contributed by atoms with Gasteiger partial charge in [0.25, 0.3) is 5.19 Å². The van der Waals surface area contributed by atoms with Gasteiger partial charge in [0.1, 0.15) is 12.0 Å². The molecule has 0 radical (unpaired) electrons. The number of carbonyl (C=O) groups excluding carboxylic acids is 1. The van der Waals surface area contributed by atoms with Crippen LogP contribution in [0.15, 0.2) is 29.6 Å². The molecule has 4 heteroatoms. The molecule has 2 aromatic rings. The van der Waals surface area contributed by atoms with Crippen molar-refractivity contribution in [1.29, 1.82) is 0 Å². The minimum Gasteiger partial charge on any atom is -0.431 e. The summed E-state index contributed by atoms with van der Waals surface area (Å²) < 4.78 is 5.49. The summed E-state index contributed by atoms with van der Waals surface area (Å²) in [6.45, 7) is 1.92. The lowest BCUT2D eigenvalue weighted by molar-refractivity contribution is 0.112. The molecule has 0 aliphatic carbocycles. The van der Waals surface area contributed by atoms with Crippen LogP contribution in [0.5, 0.6) is 10.9 Å². The fraction of sp³-hybridized carbons (Fsp3) is 0.0909. The van der Waals surface area contributed by atoms with E-state index in [2.05, 4.69) is 4.98 Å². The second-order valence-electron chi connectivity index (χ2n) is 3.04. The second kappa shape index (κ2) is 4.23. The number of aryl methyl sites for hydroxylation is 1. The first kappa shape index (κ1) is 9.86. The third-order valence-electron chi connectivity index (χ3n) is 1.82. The van der Waals surface area contributed by atoms with Crippen LogP contribution in [0, 0.1) is 6.92 Å². The normalized spacial score (nSPS) is 9.93. The van der Waals surface area contributed by atoms with Crippen molar-refractivity contribution in [2.75, 3.05) is 0 Å². The molecule has 0 unspecified atom stereocenters. The van der Waals surface area contributed by atoms with E-state index in [9.17, 15) is 4.79 Å². The number of benzene rings is 1. The zero-order chi connectivity index (χ0) is 10.7. The van der Waals surface area contributed by atoms with Gasteiger partial charge in [-0.3, -0.25) is 4.79 Å². The molecule has 76 valence electrons. The molecule has 3 nitrogen and oxygen atoms in total. The second-order valence-corrected chi connectivity index (χ2v) is 3.86. The molecule has 0 aliphatic rings. The first-order valence-corrected chi connectivity index (χ1v) is 5.31. The third kappa shape index (κ3) is 2.41. The Morgan fingerprint density at radius 1 is 1.33 bits per heavy atom. The summed E-state index contributed by atoms with van der Waals surface area (Å²) in [4.78, 5) is 14.6. The van der Waals surface area contributed by atoms with E-state index in [1.807, 2.05) is 12.3 Å². The van der Waals surface area contributed by atoms with Crippen LogP contribution in [0.2, 0.25) is 0 Å². The van der Waals surface area contributed by atoms with Crippen LogP contribution in [0.25, 0.3) is 0 Å². The summed E-state index contributed by atoms with van der Waals surface area (Å²) >= 11 is 1.45. The molecule has 1 heterocycles. The van der Waals surface area contributed by atoms with Gasteiger partial charge in [-0.25, -0.2) is 4.98 Å². The van der Waals surface area contributed by atoms with Crippen LogP contribution in [-0.4, -0.2) is 11.3 Å². The summed E-state index contributed by atoms with van der Waals surface area (Å²) in [6, 6.07) is 6.92. The Kier molecular flexibility index (Phi) is 2.78. The molecule has 0 fully saturated rings. The molecule has 0 atom stereocenters. The molecular formula is C11H9NO2S. The molecule has 0 saturated heterocycles. The molecular weight excluding hydrogens is 210 g/mol. The maximum absolute atomic E-state index is 10.4. The minimum atomic E-state index is 0.617. The highest BCUT2D eigenvalue weighted by Gasteiger charge is 2.01. The molecule has 1 aromatic heterocycles. The fourth-order valence-corrected chi connectivity index (χ4v) is 1.76. The van der Waals surface area contributed by atoms with E-state index in [1.165, 1.54) is 11.3 Å². The van der Waals surface area contributed by atoms with Gasteiger partial charge in [-0.15, -0.1) is 0 Å². The lowest BCUT2D eigenvalue weighted by Gasteiger charge is -2.00. The molecule has 0 bridgehead atoms. The number of rotatable bonds is 3. The van der Waals surface area contributed by atoms with Crippen molar-refractivity contribution in [2.45, 2.75) is 6.92 Å². The van der Waals surface area contributed by atoms with E-state index >= 15 is 0 Å². The number of thiazole rings is 1. The number of hydrogen-bond donors (Lipinski definition) is 0. The van der Waals surface area contributed by atoms with Gasteiger partial charge in [0.2, 0.25) is 0 Å². The average Bonchev–Trinajstić information content (AvgIpc) is 2.65. The fourth-order valence-electron chi connectivity index (χ4n) is 1.09. The lowest BCUT2D eigenvalue weighted by Crippen LogP contribution is -1.84. The monoisotopic (exact) mass is 219 g/mol. The Morgan fingerprint density at radius 3 is 2.60 bits per heavy atom. The van der Waals surface area contributed by atoms with Crippen molar-refractivity contribution >= 4 is 17.6 Å². The van der Waals surface area contributed by atoms with Crippen molar-refractivity contribution in [3.05, 3.63) is 40.9 Å². The van der Waals surface area contributed by atoms with Crippen LogP contribution >= 0.6 is 11.3 Å². The van der Waals surface area contributed by atoms with Crippen molar-refractivity contribution in [2.24, 2.45) is 0 Å². The van der Waals surface area contributed by atoms with E-state index in [1.54, 1.807) is 24.3 Å². The van der Waals surface area contributed by atoms with Crippen molar-refractivity contribution < 1.29 is 9.53 Å². The SMILES string of the molecule is Cc1csc(Oc2ccc(C=O)cc2)n1. The predicted octanol–water partition coefficient (Wildman–Crippen LogP) is 3.06. The Bertz CT molecular complexity index is 462. The largest absolute Gasteiger partial charge is 0.431 e. The van der Waals surface area contributed by atoms with Gasteiger partial charge >= 0.3 is 0 Å². The highest BCUT2D eigenvalue weighted by molar-refractivity contribution is 7.11. The quantitative estimate of drug-likeness (QED) is 0.745. The predicted molar refractivity (Wildman–Crippen MR) is 58.8 cm³/mol. The molecule has 0 amide bonds. The molecule has 0 N–H and O–H groups in total. The number of carbonyl (C=O) groups is 1. The van der Waals surface area contributed by atoms with Crippen LogP contribution < -0.4 is 4.74 Å². The number of ether oxygens (including phenoxy) is 1. The maximum Gasteiger partial charge on any atom is 0.278 e. The van der Waals surface area contributed by atoms with E-state index in [-0.39, 0.29) is 0 Å². The van der Waals surface area contributed by atoms with Crippen LogP contribution in [0.4, 0.5) is 0 Å². The zero-order valence-electron chi connectivity index (χ0n) is 8.14. The Morgan fingerprint density at radius 2 is 2.07 bits per heavy atom. The van der Waals surface area contributed by atoms with Gasteiger partial charge in [-0.05, 0) is 31.2 Å². The maximum atomic E-state index is 10.4. The van der Waals surface area contributed by atoms with Crippen LogP contribution in [-0.2, 0) is 0 Å². The smallest absolute Gasteiger partial charge is 0.278 e. The summed E-state index contributed by atoms with van der Waals surface area (Å²) in [5, 5.41) is 2.54. The lowest BCUT2D eigenvalue weighted by atomic mass is 10.2. The standard InChI is InChI=1S/C11H9NO2S/c1-8-7-15-11(12-8)14-10-4-2-9(6-13)3-5-10/h2-7H,1H3. The van der Waals surface area contributed by atoms with Gasteiger partial charge in [0.05, 0.1) is 5.69 Å². The Labute approximate surface area is 91.4 Å². The van der Waals surface area contributed by atoms with Gasteiger partial charge in [0.15, 0.2) is 0 Å². The van der Waals surface area contributed by atoms with Crippen LogP contribution in [0.3, 0.4) is 0 Å². The highest BCUT2D eigenvalue weighted by atomic mass is 32.1. The van der Waals surface area contributed by atoms with E-state index < -0.39 is 0 Å². The number of aldehydes is 1. The molecule has 1 aromatic carbocycles. The first-order chi connectivity index (χ1) is 7.28. The molecule has 0 saturated carbocycles. The number of nitrogens with zero attached hydrogens (tertiary/aromatic N) is 1.